The third-order valence-electron chi connectivity index (χ3n) is 3.27. The minimum absolute atomic E-state index is 0.0217. The zero-order valence-corrected chi connectivity index (χ0v) is 8.33. The maximum Gasteiger partial charge on any atom is 0.313 e. The van der Waals surface area contributed by atoms with E-state index in [0.29, 0.717) is 19.8 Å². The number of hydrogen-bond acceptors (Lipinski definition) is 4. The molecule has 0 aromatic carbocycles. The van der Waals surface area contributed by atoms with E-state index in [1.807, 2.05) is 0 Å². The van der Waals surface area contributed by atoms with E-state index in [2.05, 4.69) is 0 Å². The summed E-state index contributed by atoms with van der Waals surface area (Å²) >= 11 is 0. The number of rotatable bonds is 3. The van der Waals surface area contributed by atoms with Gasteiger partial charge >= 0.3 is 5.97 Å². The Kier molecular flexibility index (Phi) is 2.74. The SMILES string of the molecule is NCC1(C(=O)OC2COC2)CCCC1. The normalized spacial score (nSPS) is 25.8. The van der Waals surface area contributed by atoms with E-state index in [1.54, 1.807) is 0 Å². The molecule has 2 aliphatic rings. The summed E-state index contributed by atoms with van der Waals surface area (Å²) in [5.74, 6) is -0.106. The van der Waals surface area contributed by atoms with Gasteiger partial charge in [-0.25, -0.2) is 0 Å². The van der Waals surface area contributed by atoms with Crippen molar-refractivity contribution in [3.8, 4) is 0 Å². The third kappa shape index (κ3) is 1.64. The fourth-order valence-corrected chi connectivity index (χ4v) is 2.10. The quantitative estimate of drug-likeness (QED) is 0.670. The maximum absolute atomic E-state index is 11.8. The zero-order valence-electron chi connectivity index (χ0n) is 8.33. The van der Waals surface area contributed by atoms with E-state index < -0.39 is 0 Å². The lowest BCUT2D eigenvalue weighted by Gasteiger charge is -2.31. The lowest BCUT2D eigenvalue weighted by atomic mass is 9.86. The standard InChI is InChI=1S/C10H17NO3/c11-7-10(3-1-2-4-10)9(12)14-8-5-13-6-8/h8H,1-7,11H2. The topological polar surface area (TPSA) is 61.6 Å². The minimum atomic E-state index is -0.379. The molecule has 0 aromatic heterocycles. The van der Waals surface area contributed by atoms with Crippen LogP contribution in [0.4, 0.5) is 0 Å². The van der Waals surface area contributed by atoms with Gasteiger partial charge in [0, 0.05) is 6.54 Å². The Morgan fingerprint density at radius 1 is 1.43 bits per heavy atom. The number of esters is 1. The van der Waals surface area contributed by atoms with Gasteiger partial charge in [0.25, 0.3) is 0 Å². The van der Waals surface area contributed by atoms with Gasteiger partial charge in [0.1, 0.15) is 6.10 Å². The van der Waals surface area contributed by atoms with Crippen molar-refractivity contribution >= 4 is 5.97 Å². The molecule has 2 fully saturated rings. The van der Waals surface area contributed by atoms with Crippen molar-refractivity contribution in [2.75, 3.05) is 19.8 Å². The smallest absolute Gasteiger partial charge is 0.313 e. The average Bonchev–Trinajstić information content (AvgIpc) is 2.60. The molecule has 1 heterocycles. The van der Waals surface area contributed by atoms with E-state index in [0.717, 1.165) is 25.7 Å². The first-order valence-electron chi connectivity index (χ1n) is 5.26. The molecule has 2 rings (SSSR count). The molecule has 0 spiro atoms. The van der Waals surface area contributed by atoms with Crippen molar-refractivity contribution in [2.45, 2.75) is 31.8 Å². The number of hydrogen-bond donors (Lipinski definition) is 1. The Bertz CT molecular complexity index is 219. The molecule has 1 saturated heterocycles. The van der Waals surface area contributed by atoms with E-state index in [1.165, 1.54) is 0 Å². The fraction of sp³-hybridized carbons (Fsp3) is 0.900. The highest BCUT2D eigenvalue weighted by molar-refractivity contribution is 5.77. The second kappa shape index (κ2) is 3.87. The first kappa shape index (κ1) is 9.93. The van der Waals surface area contributed by atoms with Crippen LogP contribution in [-0.4, -0.2) is 31.8 Å². The molecule has 1 aliphatic carbocycles. The molecule has 1 aliphatic heterocycles. The van der Waals surface area contributed by atoms with Gasteiger partial charge in [0.2, 0.25) is 0 Å². The minimum Gasteiger partial charge on any atom is -0.457 e. The molecule has 1 saturated carbocycles. The molecule has 0 atom stereocenters. The van der Waals surface area contributed by atoms with Gasteiger partial charge in [-0.15, -0.1) is 0 Å². The van der Waals surface area contributed by atoms with Crippen molar-refractivity contribution in [3.05, 3.63) is 0 Å². The van der Waals surface area contributed by atoms with Crippen LogP contribution in [0.1, 0.15) is 25.7 Å². The van der Waals surface area contributed by atoms with Crippen molar-refractivity contribution in [3.63, 3.8) is 0 Å². The molecule has 80 valence electrons. The van der Waals surface area contributed by atoms with E-state index in [9.17, 15) is 4.79 Å². The first-order chi connectivity index (χ1) is 6.77. The summed E-state index contributed by atoms with van der Waals surface area (Å²) in [6, 6.07) is 0. The van der Waals surface area contributed by atoms with Crippen LogP contribution in [0.15, 0.2) is 0 Å². The van der Waals surface area contributed by atoms with Gasteiger partial charge in [-0.1, -0.05) is 12.8 Å². The van der Waals surface area contributed by atoms with E-state index >= 15 is 0 Å². The maximum atomic E-state index is 11.8. The predicted molar refractivity (Wildman–Crippen MR) is 50.7 cm³/mol. The molecular weight excluding hydrogens is 182 g/mol. The van der Waals surface area contributed by atoms with Crippen LogP contribution < -0.4 is 5.73 Å². The monoisotopic (exact) mass is 199 g/mol. The summed E-state index contributed by atoms with van der Waals surface area (Å²) in [7, 11) is 0. The predicted octanol–water partition coefficient (Wildman–Crippen LogP) is 0.447. The lowest BCUT2D eigenvalue weighted by molar-refractivity contribution is -0.182. The van der Waals surface area contributed by atoms with E-state index in [-0.39, 0.29) is 17.5 Å². The van der Waals surface area contributed by atoms with Crippen molar-refractivity contribution < 1.29 is 14.3 Å². The number of carbonyl (C=O) groups is 1. The zero-order chi connectivity index (χ0) is 10.0. The molecule has 14 heavy (non-hydrogen) atoms. The molecule has 0 amide bonds. The molecule has 0 radical (unpaired) electrons. The number of carbonyl (C=O) groups excluding carboxylic acids is 1. The summed E-state index contributed by atoms with van der Waals surface area (Å²) in [6.45, 7) is 1.51. The summed E-state index contributed by atoms with van der Waals surface area (Å²) in [5, 5.41) is 0. The van der Waals surface area contributed by atoms with Crippen molar-refractivity contribution in [1.29, 1.82) is 0 Å². The van der Waals surface area contributed by atoms with Gasteiger partial charge in [0.05, 0.1) is 18.6 Å². The largest absolute Gasteiger partial charge is 0.457 e. The van der Waals surface area contributed by atoms with Gasteiger partial charge in [-0.05, 0) is 12.8 Å². The second-order valence-corrected chi connectivity index (χ2v) is 4.26. The Morgan fingerprint density at radius 2 is 2.07 bits per heavy atom. The number of nitrogens with two attached hydrogens (primary N) is 1. The molecule has 4 heteroatoms. The molecule has 0 unspecified atom stereocenters. The fourth-order valence-electron chi connectivity index (χ4n) is 2.10. The number of ether oxygens (including phenoxy) is 2. The first-order valence-corrected chi connectivity index (χ1v) is 5.26. The van der Waals surface area contributed by atoms with Gasteiger partial charge in [0.15, 0.2) is 0 Å². The highest BCUT2D eigenvalue weighted by Crippen LogP contribution is 2.38. The van der Waals surface area contributed by atoms with Gasteiger partial charge < -0.3 is 15.2 Å². The second-order valence-electron chi connectivity index (χ2n) is 4.26. The van der Waals surface area contributed by atoms with Crippen LogP contribution in [0.25, 0.3) is 0 Å². The Morgan fingerprint density at radius 3 is 2.50 bits per heavy atom. The van der Waals surface area contributed by atoms with Crippen LogP contribution in [0.3, 0.4) is 0 Å². The Labute approximate surface area is 83.7 Å². The molecule has 0 aromatic rings. The van der Waals surface area contributed by atoms with Crippen LogP contribution >= 0.6 is 0 Å². The Balaban J connectivity index is 1.92. The molecule has 0 bridgehead atoms. The van der Waals surface area contributed by atoms with Crippen LogP contribution in [0.5, 0.6) is 0 Å². The molecule has 2 N–H and O–H groups in total. The Hall–Kier alpha value is -0.610. The summed E-state index contributed by atoms with van der Waals surface area (Å²) in [4.78, 5) is 11.8. The lowest BCUT2D eigenvalue weighted by Crippen LogP contribution is -2.44. The highest BCUT2D eigenvalue weighted by atomic mass is 16.6. The average molecular weight is 199 g/mol. The van der Waals surface area contributed by atoms with Crippen LogP contribution in [0.2, 0.25) is 0 Å². The highest BCUT2D eigenvalue weighted by Gasteiger charge is 2.42. The molecule has 4 nitrogen and oxygen atoms in total. The van der Waals surface area contributed by atoms with Gasteiger partial charge in [-0.3, -0.25) is 4.79 Å². The third-order valence-corrected chi connectivity index (χ3v) is 3.27. The van der Waals surface area contributed by atoms with Crippen molar-refractivity contribution in [1.82, 2.24) is 0 Å². The van der Waals surface area contributed by atoms with Crippen LogP contribution in [0, 0.1) is 5.41 Å². The van der Waals surface area contributed by atoms with Gasteiger partial charge in [-0.2, -0.15) is 0 Å². The summed E-state index contributed by atoms with van der Waals surface area (Å²) in [6.07, 6.45) is 3.93. The van der Waals surface area contributed by atoms with Crippen LogP contribution in [-0.2, 0) is 14.3 Å². The summed E-state index contributed by atoms with van der Waals surface area (Å²) < 4.78 is 10.3. The van der Waals surface area contributed by atoms with E-state index in [4.69, 9.17) is 15.2 Å². The summed E-state index contributed by atoms with van der Waals surface area (Å²) in [5.41, 5.74) is 5.29. The molecular formula is C10H17NO3. The van der Waals surface area contributed by atoms with Crippen molar-refractivity contribution in [2.24, 2.45) is 11.1 Å².